The van der Waals surface area contributed by atoms with Crippen LogP contribution in [0.1, 0.15) is 136 Å². The number of phenolic OH excluding ortho intramolecular Hbond substituents is 2. The van der Waals surface area contributed by atoms with Crippen LogP contribution in [0.4, 0.5) is 0 Å². The van der Waals surface area contributed by atoms with Crippen LogP contribution in [0.2, 0.25) is 0 Å². The summed E-state index contributed by atoms with van der Waals surface area (Å²) in [5.41, 5.74) is 6.02. The minimum absolute atomic E-state index is 0.156. The highest BCUT2D eigenvalue weighted by Crippen LogP contribution is 2.37. The third-order valence-corrected chi connectivity index (χ3v) is 7.71. The summed E-state index contributed by atoms with van der Waals surface area (Å²) >= 11 is 0. The van der Waals surface area contributed by atoms with E-state index >= 15 is 0 Å². The highest BCUT2D eigenvalue weighted by Gasteiger charge is 2.26. The molecule has 0 amide bonds. The Labute approximate surface area is 250 Å². The molecular weight excluding hydrogens is 504 g/mol. The van der Waals surface area contributed by atoms with E-state index in [1.807, 2.05) is 12.4 Å². The molecule has 0 bridgehead atoms. The molecule has 2 aromatic rings. The van der Waals surface area contributed by atoms with Gasteiger partial charge in [-0.1, -0.05) is 95.2 Å². The molecule has 2 unspecified atom stereocenters. The quantitative estimate of drug-likeness (QED) is 0.346. The van der Waals surface area contributed by atoms with Crippen molar-refractivity contribution in [2.24, 2.45) is 20.8 Å². The van der Waals surface area contributed by atoms with Gasteiger partial charge in [0.2, 0.25) is 0 Å². The number of hydrogen-bond acceptors (Lipinski definition) is 4. The number of phenols is 2. The number of rotatable bonds is 6. The monoisotopic (exact) mass is 560 g/mol. The van der Waals surface area contributed by atoms with E-state index in [0.29, 0.717) is 11.5 Å². The molecule has 226 valence electrons. The number of aliphatic imine (C=N–C) groups is 2. The topological polar surface area (TPSA) is 65.2 Å². The Bertz CT molecular complexity index is 1170. The lowest BCUT2D eigenvalue weighted by Gasteiger charge is -2.25. The largest absolute Gasteiger partial charge is 0.507 e. The summed E-state index contributed by atoms with van der Waals surface area (Å²) in [5, 5.41) is 22.3. The van der Waals surface area contributed by atoms with E-state index in [9.17, 15) is 10.2 Å². The fourth-order valence-electron chi connectivity index (χ4n) is 5.78. The van der Waals surface area contributed by atoms with Gasteiger partial charge in [0.25, 0.3) is 0 Å². The van der Waals surface area contributed by atoms with Gasteiger partial charge < -0.3 is 10.2 Å². The van der Waals surface area contributed by atoms with Gasteiger partial charge in [-0.2, -0.15) is 0 Å². The summed E-state index contributed by atoms with van der Waals surface area (Å²) in [4.78, 5) is 9.86. The lowest BCUT2D eigenvalue weighted by atomic mass is 9.81. The molecule has 0 heterocycles. The summed E-state index contributed by atoms with van der Waals surface area (Å²) in [7, 11) is 0. The number of aromatic hydroxyl groups is 2. The number of nitrogens with zero attached hydrogens (tertiary/aromatic N) is 2. The van der Waals surface area contributed by atoms with Crippen molar-refractivity contribution in [3.8, 4) is 11.5 Å². The Morgan fingerprint density at radius 3 is 1.24 bits per heavy atom. The van der Waals surface area contributed by atoms with Gasteiger partial charge in [-0.15, -0.1) is 0 Å². The Kier molecular flexibility index (Phi) is 9.57. The van der Waals surface area contributed by atoms with Crippen LogP contribution in [0.15, 0.2) is 34.3 Å². The SMILES string of the molecule is CC(C)(C)Cc1cc(C=NC2CCC(N=Cc3cc(CC(C)(C)C)cc(C(C)(C)C)c3O)C2)c(O)c(C(C)(C)C)c1. The maximum Gasteiger partial charge on any atom is 0.128 e. The summed E-state index contributed by atoms with van der Waals surface area (Å²) in [6.07, 6.45) is 8.45. The Balaban J connectivity index is 1.81. The van der Waals surface area contributed by atoms with Crippen LogP contribution in [0, 0.1) is 10.8 Å². The predicted octanol–water partition coefficient (Wildman–Crippen LogP) is 9.33. The van der Waals surface area contributed by atoms with Gasteiger partial charge in [0.05, 0.1) is 12.1 Å². The average Bonchev–Trinajstić information content (AvgIpc) is 3.23. The van der Waals surface area contributed by atoms with Crippen molar-refractivity contribution in [2.45, 2.75) is 138 Å². The molecular formula is C37H56N2O2. The molecule has 2 aromatic carbocycles. The molecule has 1 aliphatic carbocycles. The molecule has 4 heteroatoms. The highest BCUT2D eigenvalue weighted by molar-refractivity contribution is 5.86. The van der Waals surface area contributed by atoms with E-state index in [0.717, 1.165) is 54.4 Å². The normalized spacial score (nSPS) is 19.1. The first-order valence-electron chi connectivity index (χ1n) is 15.4. The summed E-state index contributed by atoms with van der Waals surface area (Å²) in [5.74, 6) is 0.679. The van der Waals surface area contributed by atoms with Gasteiger partial charge in [0, 0.05) is 34.7 Å². The number of benzene rings is 2. The van der Waals surface area contributed by atoms with Crippen LogP contribution in [-0.4, -0.2) is 34.7 Å². The molecule has 0 spiro atoms. The number of hydrogen-bond donors (Lipinski definition) is 2. The van der Waals surface area contributed by atoms with Crippen LogP contribution in [-0.2, 0) is 23.7 Å². The van der Waals surface area contributed by atoms with Crippen LogP contribution in [0.5, 0.6) is 11.5 Å². The molecule has 2 atom stereocenters. The first kappa shape index (κ1) is 32.9. The second kappa shape index (κ2) is 11.9. The zero-order valence-corrected chi connectivity index (χ0v) is 27.9. The zero-order chi connectivity index (χ0) is 31.0. The smallest absolute Gasteiger partial charge is 0.128 e. The molecule has 2 N–H and O–H groups in total. The minimum Gasteiger partial charge on any atom is -0.507 e. The van der Waals surface area contributed by atoms with E-state index in [2.05, 4.69) is 107 Å². The molecule has 4 nitrogen and oxygen atoms in total. The molecule has 3 rings (SSSR count). The molecule has 0 aromatic heterocycles. The average molecular weight is 561 g/mol. The molecule has 1 saturated carbocycles. The fraction of sp³-hybridized carbons (Fsp3) is 0.622. The first-order chi connectivity index (χ1) is 18.6. The third kappa shape index (κ3) is 9.45. The lowest BCUT2D eigenvalue weighted by Crippen LogP contribution is -2.15. The minimum atomic E-state index is -0.156. The predicted molar refractivity (Wildman–Crippen MR) is 177 cm³/mol. The molecule has 0 aliphatic heterocycles. The van der Waals surface area contributed by atoms with Gasteiger partial charge in [-0.05, 0) is 77.0 Å². The Hall–Kier alpha value is -2.62. The lowest BCUT2D eigenvalue weighted by molar-refractivity contribution is 0.408. The van der Waals surface area contributed by atoms with Crippen LogP contribution in [0.3, 0.4) is 0 Å². The van der Waals surface area contributed by atoms with Gasteiger partial charge >= 0.3 is 0 Å². The van der Waals surface area contributed by atoms with Crippen molar-refractivity contribution in [1.82, 2.24) is 0 Å². The third-order valence-electron chi connectivity index (χ3n) is 7.71. The van der Waals surface area contributed by atoms with E-state index in [-0.39, 0.29) is 33.7 Å². The van der Waals surface area contributed by atoms with Gasteiger partial charge in [0.15, 0.2) is 0 Å². The summed E-state index contributed by atoms with van der Waals surface area (Å²) in [6.45, 7) is 26.3. The van der Waals surface area contributed by atoms with Crippen molar-refractivity contribution in [2.75, 3.05) is 0 Å². The summed E-state index contributed by atoms with van der Waals surface area (Å²) in [6, 6.07) is 8.87. The van der Waals surface area contributed by atoms with Crippen molar-refractivity contribution >= 4 is 12.4 Å². The Morgan fingerprint density at radius 1 is 0.610 bits per heavy atom. The highest BCUT2D eigenvalue weighted by atomic mass is 16.3. The van der Waals surface area contributed by atoms with E-state index in [1.165, 1.54) is 11.1 Å². The van der Waals surface area contributed by atoms with Gasteiger partial charge in [-0.3, -0.25) is 9.98 Å². The van der Waals surface area contributed by atoms with Gasteiger partial charge in [0.1, 0.15) is 11.5 Å². The molecule has 0 saturated heterocycles. The molecule has 41 heavy (non-hydrogen) atoms. The van der Waals surface area contributed by atoms with Crippen molar-refractivity contribution in [3.05, 3.63) is 57.6 Å². The van der Waals surface area contributed by atoms with Crippen molar-refractivity contribution in [1.29, 1.82) is 0 Å². The molecule has 1 aliphatic rings. The molecule has 1 fully saturated rings. The van der Waals surface area contributed by atoms with Crippen LogP contribution >= 0.6 is 0 Å². The molecule has 0 radical (unpaired) electrons. The zero-order valence-electron chi connectivity index (χ0n) is 27.9. The second-order valence-corrected chi connectivity index (χ2v) is 16.8. The summed E-state index contributed by atoms with van der Waals surface area (Å²) < 4.78 is 0. The maximum absolute atomic E-state index is 11.1. The van der Waals surface area contributed by atoms with E-state index in [4.69, 9.17) is 9.98 Å². The van der Waals surface area contributed by atoms with Gasteiger partial charge in [-0.25, -0.2) is 0 Å². The first-order valence-corrected chi connectivity index (χ1v) is 15.4. The standard InChI is InChI=1S/C37H56N2O2/c1-34(2,3)20-24-15-26(32(40)30(17-24)36(7,8)9)22-38-28-13-14-29(19-28)39-23-27-16-25(21-35(4,5)6)18-31(33(27)41)37(10,11)12/h15-18,22-23,28-29,40-41H,13-14,19-21H2,1-12H3. The van der Waals surface area contributed by atoms with Crippen molar-refractivity contribution in [3.63, 3.8) is 0 Å². The fourth-order valence-corrected chi connectivity index (χ4v) is 5.78. The van der Waals surface area contributed by atoms with E-state index < -0.39 is 0 Å². The maximum atomic E-state index is 11.1. The van der Waals surface area contributed by atoms with E-state index in [1.54, 1.807) is 0 Å². The van der Waals surface area contributed by atoms with Crippen LogP contribution < -0.4 is 0 Å². The van der Waals surface area contributed by atoms with Crippen LogP contribution in [0.25, 0.3) is 0 Å². The second-order valence-electron chi connectivity index (χ2n) is 16.8. The van der Waals surface area contributed by atoms with Crippen molar-refractivity contribution < 1.29 is 10.2 Å². The Morgan fingerprint density at radius 2 is 0.951 bits per heavy atom.